The number of nitrogens with one attached hydrogen (secondary N) is 1. The fourth-order valence-corrected chi connectivity index (χ4v) is 6.58. The zero-order chi connectivity index (χ0) is 19.3. The van der Waals surface area contributed by atoms with E-state index in [-0.39, 0.29) is 42.9 Å². The van der Waals surface area contributed by atoms with Gasteiger partial charge in [0.15, 0.2) is 0 Å². The van der Waals surface area contributed by atoms with Gasteiger partial charge in [-0.1, -0.05) is 20.4 Å². The van der Waals surface area contributed by atoms with Crippen LogP contribution in [0, 0.1) is 17.3 Å². The lowest BCUT2D eigenvalue weighted by Crippen LogP contribution is -2.37. The second-order valence-electron chi connectivity index (χ2n) is 7.81. The van der Waals surface area contributed by atoms with Crippen molar-refractivity contribution in [3.63, 3.8) is 0 Å². The van der Waals surface area contributed by atoms with Crippen LogP contribution >= 0.6 is 0 Å². The van der Waals surface area contributed by atoms with Crippen LogP contribution in [0.4, 0.5) is 0 Å². The van der Waals surface area contributed by atoms with Gasteiger partial charge in [-0.15, -0.1) is 0 Å². The minimum Gasteiger partial charge on any atom is -0.462 e. The first-order valence-corrected chi connectivity index (χ1v) is 10.2. The number of rotatable bonds is 7. The highest BCUT2D eigenvalue weighted by molar-refractivity contribution is 7.87. The van der Waals surface area contributed by atoms with Crippen molar-refractivity contribution < 1.29 is 31.7 Å². The molecule has 0 spiro atoms. The number of hydrogen-bond acceptors (Lipinski definition) is 7. The molecule has 3 aliphatic rings. The molecule has 146 valence electrons. The second kappa shape index (κ2) is 6.61. The van der Waals surface area contributed by atoms with Crippen LogP contribution in [0.2, 0.25) is 0 Å². The molecule has 1 N–H and O–H groups in total. The first-order valence-electron chi connectivity index (χ1n) is 8.68. The number of fused-ring (bicyclic) bond motifs is 1. The smallest absolute Gasteiger partial charge is 0.332 e. The predicted molar refractivity (Wildman–Crippen MR) is 91.5 cm³/mol. The topological polar surface area (TPSA) is 108 Å². The van der Waals surface area contributed by atoms with Gasteiger partial charge < -0.3 is 14.8 Å². The predicted octanol–water partition coefficient (Wildman–Crippen LogP) is 0.380. The van der Waals surface area contributed by atoms with Crippen molar-refractivity contribution in [2.45, 2.75) is 44.6 Å². The van der Waals surface area contributed by atoms with Crippen LogP contribution in [0.5, 0.6) is 0 Å². The van der Waals surface area contributed by atoms with E-state index in [1.54, 1.807) is 6.92 Å². The fourth-order valence-electron chi connectivity index (χ4n) is 4.59. The van der Waals surface area contributed by atoms with Crippen molar-refractivity contribution in [2.75, 3.05) is 19.8 Å². The zero-order valence-corrected chi connectivity index (χ0v) is 16.0. The van der Waals surface area contributed by atoms with E-state index < -0.39 is 33.5 Å². The summed E-state index contributed by atoms with van der Waals surface area (Å²) in [5, 5.41) is 2.09. The largest absolute Gasteiger partial charge is 0.462 e. The third-order valence-corrected chi connectivity index (χ3v) is 7.54. The minimum atomic E-state index is -3.55. The SMILES string of the molecule is C=C(C)C(=O)NCCOC(=O)COC1C2OS(=O)(=O)C3CC1C(C)(C)C23. The molecule has 1 heterocycles. The number of esters is 1. The summed E-state index contributed by atoms with van der Waals surface area (Å²) in [6.45, 7) is 9.10. The Labute approximate surface area is 153 Å². The summed E-state index contributed by atoms with van der Waals surface area (Å²) in [6, 6.07) is 0. The van der Waals surface area contributed by atoms with Crippen LogP contribution in [-0.4, -0.2) is 57.5 Å². The van der Waals surface area contributed by atoms with E-state index in [4.69, 9.17) is 13.7 Å². The molecule has 1 amide bonds. The molecule has 1 aliphatic heterocycles. The highest BCUT2D eigenvalue weighted by Gasteiger charge is 2.72. The maximum atomic E-state index is 12.1. The molecule has 26 heavy (non-hydrogen) atoms. The molecule has 0 aromatic carbocycles. The maximum absolute atomic E-state index is 12.1. The van der Waals surface area contributed by atoms with E-state index in [2.05, 4.69) is 11.9 Å². The van der Waals surface area contributed by atoms with Gasteiger partial charge in [0, 0.05) is 11.5 Å². The molecule has 2 aliphatic carbocycles. The Hall–Kier alpha value is -1.45. The van der Waals surface area contributed by atoms with E-state index in [0.29, 0.717) is 12.0 Å². The standard InChI is InChI=1S/C17H25NO7S/c1-9(2)16(20)18-5-6-23-12(19)8-24-14-10-7-11-13(17(10,3)4)15(14)25-26(11,21)22/h10-11,13-15H,1,5-8H2,2-4H3,(H,18,20). The van der Waals surface area contributed by atoms with Crippen molar-refractivity contribution in [1.82, 2.24) is 5.32 Å². The minimum absolute atomic E-state index is 0.0276. The molecule has 2 saturated carbocycles. The van der Waals surface area contributed by atoms with Crippen molar-refractivity contribution >= 4 is 22.0 Å². The first-order chi connectivity index (χ1) is 12.1. The summed E-state index contributed by atoms with van der Waals surface area (Å²) in [6.07, 6.45) is -0.455. The van der Waals surface area contributed by atoms with Gasteiger partial charge in [-0.25, -0.2) is 4.79 Å². The van der Waals surface area contributed by atoms with Crippen LogP contribution in [0.1, 0.15) is 27.2 Å². The Morgan fingerprint density at radius 3 is 2.69 bits per heavy atom. The second-order valence-corrected chi connectivity index (χ2v) is 9.60. The van der Waals surface area contributed by atoms with Crippen LogP contribution in [0.15, 0.2) is 12.2 Å². The normalized spacial score (nSPS) is 35.3. The van der Waals surface area contributed by atoms with E-state index in [1.165, 1.54) is 0 Å². The zero-order valence-electron chi connectivity index (χ0n) is 15.2. The maximum Gasteiger partial charge on any atom is 0.332 e. The summed E-state index contributed by atoms with van der Waals surface area (Å²) < 4.78 is 40.3. The summed E-state index contributed by atoms with van der Waals surface area (Å²) in [5.74, 6) is -0.929. The quantitative estimate of drug-likeness (QED) is 0.291. The van der Waals surface area contributed by atoms with Gasteiger partial charge in [0.05, 0.1) is 17.9 Å². The number of carbonyl (C=O) groups is 2. The van der Waals surface area contributed by atoms with Crippen LogP contribution in [-0.2, 0) is 33.4 Å². The van der Waals surface area contributed by atoms with Crippen molar-refractivity contribution in [3.8, 4) is 0 Å². The third-order valence-electron chi connectivity index (χ3n) is 5.82. The number of carbonyl (C=O) groups excluding carboxylic acids is 2. The van der Waals surface area contributed by atoms with Gasteiger partial charge >= 0.3 is 5.97 Å². The van der Waals surface area contributed by atoms with Gasteiger partial charge in [-0.2, -0.15) is 8.42 Å². The summed E-state index contributed by atoms with van der Waals surface area (Å²) >= 11 is 0. The van der Waals surface area contributed by atoms with Gasteiger partial charge in [-0.3, -0.25) is 8.98 Å². The van der Waals surface area contributed by atoms with Crippen LogP contribution in [0.3, 0.4) is 0 Å². The first kappa shape index (κ1) is 19.3. The average molecular weight is 387 g/mol. The van der Waals surface area contributed by atoms with Gasteiger partial charge in [-0.05, 0) is 24.7 Å². The number of hydrogen-bond donors (Lipinski definition) is 1. The average Bonchev–Trinajstić information content (AvgIpc) is 3.01. The summed E-state index contributed by atoms with van der Waals surface area (Å²) in [4.78, 5) is 23.2. The molecule has 0 aromatic rings. The highest BCUT2D eigenvalue weighted by Crippen LogP contribution is 2.64. The van der Waals surface area contributed by atoms with E-state index in [9.17, 15) is 18.0 Å². The summed E-state index contributed by atoms with van der Waals surface area (Å²) in [5.41, 5.74) is 0.170. The van der Waals surface area contributed by atoms with Crippen molar-refractivity contribution in [3.05, 3.63) is 12.2 Å². The van der Waals surface area contributed by atoms with Crippen LogP contribution in [0.25, 0.3) is 0 Å². The molecular formula is C17H25NO7S. The van der Waals surface area contributed by atoms with Gasteiger partial charge in [0.25, 0.3) is 10.1 Å². The van der Waals surface area contributed by atoms with Gasteiger partial charge in [0.1, 0.15) is 19.3 Å². The Morgan fingerprint density at radius 2 is 2.04 bits per heavy atom. The number of ether oxygens (including phenoxy) is 2. The lowest BCUT2D eigenvalue weighted by molar-refractivity contribution is -0.154. The third kappa shape index (κ3) is 3.16. The van der Waals surface area contributed by atoms with Crippen molar-refractivity contribution in [2.24, 2.45) is 17.3 Å². The molecule has 8 nitrogen and oxygen atoms in total. The Balaban J connectivity index is 1.48. The number of amides is 1. The molecule has 0 radical (unpaired) electrons. The molecule has 5 unspecified atom stereocenters. The molecule has 9 heteroatoms. The molecule has 5 atom stereocenters. The Kier molecular flexibility index (Phi) is 4.91. The summed E-state index contributed by atoms with van der Waals surface area (Å²) in [7, 11) is -3.55. The van der Waals surface area contributed by atoms with E-state index in [0.717, 1.165) is 0 Å². The van der Waals surface area contributed by atoms with Gasteiger partial charge in [0.2, 0.25) is 5.91 Å². The molecular weight excluding hydrogens is 362 g/mol. The Bertz CT molecular complexity index is 729. The molecule has 3 rings (SSSR count). The molecule has 1 saturated heterocycles. The highest BCUT2D eigenvalue weighted by atomic mass is 32.2. The molecule has 2 bridgehead atoms. The molecule has 0 aromatic heterocycles. The van der Waals surface area contributed by atoms with Crippen molar-refractivity contribution in [1.29, 1.82) is 0 Å². The van der Waals surface area contributed by atoms with E-state index >= 15 is 0 Å². The monoisotopic (exact) mass is 387 g/mol. The van der Waals surface area contributed by atoms with Crippen LogP contribution < -0.4 is 5.32 Å². The Morgan fingerprint density at radius 1 is 1.35 bits per heavy atom. The van der Waals surface area contributed by atoms with E-state index in [1.807, 2.05) is 13.8 Å². The lowest BCUT2D eigenvalue weighted by atomic mass is 9.81. The fraction of sp³-hybridized carbons (Fsp3) is 0.765. The molecule has 3 fully saturated rings. The lowest BCUT2D eigenvalue weighted by Gasteiger charge is -2.26.